The van der Waals surface area contributed by atoms with E-state index in [0.29, 0.717) is 16.3 Å². The minimum atomic E-state index is -0.673. The van der Waals surface area contributed by atoms with Gasteiger partial charge in [0.05, 0.1) is 23.9 Å². The summed E-state index contributed by atoms with van der Waals surface area (Å²) in [6, 6.07) is 12.1. The number of methoxy groups -OCH3 is 1. The van der Waals surface area contributed by atoms with Crippen molar-refractivity contribution in [3.63, 3.8) is 0 Å². The summed E-state index contributed by atoms with van der Waals surface area (Å²) in [7, 11) is 3.01. The van der Waals surface area contributed by atoms with Crippen LogP contribution in [0.25, 0.3) is 17.1 Å². The lowest BCUT2D eigenvalue weighted by Crippen LogP contribution is -2.26. The Morgan fingerprint density at radius 2 is 1.83 bits per heavy atom. The first kappa shape index (κ1) is 23.8. The summed E-state index contributed by atoms with van der Waals surface area (Å²) in [5, 5.41) is 39.0. The molecule has 0 aliphatic rings. The lowest BCUT2D eigenvalue weighted by Gasteiger charge is -2.20. The fourth-order valence-electron chi connectivity index (χ4n) is 3.64. The van der Waals surface area contributed by atoms with Gasteiger partial charge in [-0.05, 0) is 36.4 Å². The molecule has 0 saturated carbocycles. The average molecular weight is 499 g/mol. The Labute approximate surface area is 204 Å². The standard InChI is InChI=1S/C24H20ClFN4O5/c1-29(12-13-9-14(25)7-8-21(13)35-2)23(33)16-10-15(19(31)11-20(16)32)22-27-28-24(34)30(22)18-6-4-3-5-17(18)26/h3-11,31-32H,12H2,1-2H3,(H,28,34). The van der Waals surface area contributed by atoms with Gasteiger partial charge in [0.15, 0.2) is 5.82 Å². The summed E-state index contributed by atoms with van der Waals surface area (Å²) in [5.74, 6) is -1.82. The highest BCUT2D eigenvalue weighted by molar-refractivity contribution is 6.30. The number of phenols is 2. The smallest absolute Gasteiger partial charge is 0.319 e. The van der Waals surface area contributed by atoms with E-state index >= 15 is 0 Å². The van der Waals surface area contributed by atoms with E-state index in [-0.39, 0.29) is 29.2 Å². The minimum Gasteiger partial charge on any atom is -0.507 e. The van der Waals surface area contributed by atoms with Crippen molar-refractivity contribution >= 4 is 17.5 Å². The Kier molecular flexibility index (Phi) is 6.48. The first-order valence-corrected chi connectivity index (χ1v) is 10.6. The Morgan fingerprint density at radius 3 is 2.54 bits per heavy atom. The molecule has 0 radical (unpaired) electrons. The van der Waals surface area contributed by atoms with Gasteiger partial charge in [0, 0.05) is 30.2 Å². The molecule has 11 heteroatoms. The van der Waals surface area contributed by atoms with E-state index in [1.54, 1.807) is 24.3 Å². The molecule has 1 heterocycles. The van der Waals surface area contributed by atoms with Gasteiger partial charge >= 0.3 is 6.01 Å². The van der Waals surface area contributed by atoms with Crippen LogP contribution in [0, 0.1) is 5.82 Å². The zero-order valence-corrected chi connectivity index (χ0v) is 19.4. The number of aromatic hydroxyl groups is 3. The topological polar surface area (TPSA) is 121 Å². The highest BCUT2D eigenvalue weighted by Crippen LogP contribution is 2.37. The highest BCUT2D eigenvalue weighted by atomic mass is 35.5. The molecule has 3 aromatic carbocycles. The maximum Gasteiger partial charge on any atom is 0.319 e. The molecule has 9 nitrogen and oxygen atoms in total. The number of para-hydroxylation sites is 1. The van der Waals surface area contributed by atoms with Crippen LogP contribution < -0.4 is 4.74 Å². The molecule has 0 bridgehead atoms. The van der Waals surface area contributed by atoms with E-state index in [1.807, 2.05) is 0 Å². The van der Waals surface area contributed by atoms with Crippen molar-refractivity contribution < 1.29 is 29.2 Å². The van der Waals surface area contributed by atoms with Crippen LogP contribution in [-0.4, -0.2) is 55.0 Å². The molecule has 180 valence electrons. The molecule has 0 saturated heterocycles. The number of amides is 1. The molecule has 35 heavy (non-hydrogen) atoms. The van der Waals surface area contributed by atoms with Crippen LogP contribution in [-0.2, 0) is 6.54 Å². The van der Waals surface area contributed by atoms with Gasteiger partial charge in [-0.15, -0.1) is 5.10 Å². The minimum absolute atomic E-state index is 0.0593. The third-order valence-corrected chi connectivity index (χ3v) is 5.56. The predicted molar refractivity (Wildman–Crippen MR) is 126 cm³/mol. The lowest BCUT2D eigenvalue weighted by molar-refractivity contribution is 0.0781. The van der Waals surface area contributed by atoms with Crippen molar-refractivity contribution in [2.75, 3.05) is 14.2 Å². The van der Waals surface area contributed by atoms with Crippen LogP contribution in [0.15, 0.2) is 54.6 Å². The van der Waals surface area contributed by atoms with Gasteiger partial charge in [-0.2, -0.15) is 0 Å². The quantitative estimate of drug-likeness (QED) is 0.365. The maximum atomic E-state index is 14.4. The Bertz CT molecular complexity index is 1430. The third kappa shape index (κ3) is 4.56. The van der Waals surface area contributed by atoms with Crippen LogP contribution in [0.5, 0.6) is 23.3 Å². The van der Waals surface area contributed by atoms with E-state index in [9.17, 15) is 24.5 Å². The molecule has 0 aliphatic heterocycles. The summed E-state index contributed by atoms with van der Waals surface area (Å²) in [6.07, 6.45) is 0. The number of rotatable bonds is 6. The van der Waals surface area contributed by atoms with Crippen LogP contribution in [0.1, 0.15) is 15.9 Å². The Hall–Kier alpha value is -4.31. The Balaban J connectivity index is 1.75. The molecule has 0 atom stereocenters. The first-order chi connectivity index (χ1) is 16.7. The third-order valence-electron chi connectivity index (χ3n) is 5.32. The van der Waals surface area contributed by atoms with Gasteiger partial charge in [0.25, 0.3) is 5.91 Å². The van der Waals surface area contributed by atoms with Crippen molar-refractivity contribution in [2.24, 2.45) is 0 Å². The molecule has 0 aliphatic carbocycles. The van der Waals surface area contributed by atoms with Gasteiger partial charge in [-0.1, -0.05) is 28.8 Å². The molecular formula is C24H20ClFN4O5. The number of carbonyl (C=O) groups excluding carboxylic acids is 1. The van der Waals surface area contributed by atoms with E-state index in [2.05, 4.69) is 10.2 Å². The SMILES string of the molecule is COc1ccc(Cl)cc1CN(C)C(=O)c1cc(-c2nnc(O)n2-c2ccccc2F)c(O)cc1O. The second kappa shape index (κ2) is 9.51. The van der Waals surface area contributed by atoms with Gasteiger partial charge in [-0.25, -0.2) is 8.96 Å². The van der Waals surface area contributed by atoms with Gasteiger partial charge < -0.3 is 25.0 Å². The number of benzene rings is 3. The molecular weight excluding hydrogens is 479 g/mol. The average Bonchev–Trinajstić information content (AvgIpc) is 3.20. The van der Waals surface area contributed by atoms with Crippen LogP contribution >= 0.6 is 11.6 Å². The number of hydrogen-bond acceptors (Lipinski definition) is 7. The first-order valence-electron chi connectivity index (χ1n) is 10.2. The zero-order valence-electron chi connectivity index (χ0n) is 18.6. The van der Waals surface area contributed by atoms with E-state index in [1.165, 1.54) is 43.3 Å². The maximum absolute atomic E-state index is 14.4. The molecule has 0 fully saturated rings. The molecule has 3 N–H and O–H groups in total. The number of hydrogen-bond donors (Lipinski definition) is 3. The zero-order chi connectivity index (χ0) is 25.3. The van der Waals surface area contributed by atoms with Crippen molar-refractivity contribution in [3.05, 3.63) is 76.6 Å². The monoisotopic (exact) mass is 498 g/mol. The lowest BCUT2D eigenvalue weighted by atomic mass is 10.1. The summed E-state index contributed by atoms with van der Waals surface area (Å²) >= 11 is 6.07. The molecule has 0 spiro atoms. The van der Waals surface area contributed by atoms with Crippen molar-refractivity contribution in [1.29, 1.82) is 0 Å². The van der Waals surface area contributed by atoms with Gasteiger partial charge in [0.1, 0.15) is 23.1 Å². The van der Waals surface area contributed by atoms with Gasteiger partial charge in [-0.3, -0.25) is 4.79 Å². The molecule has 4 rings (SSSR count). The summed E-state index contributed by atoms with van der Waals surface area (Å²) < 4.78 is 20.7. The fourth-order valence-corrected chi connectivity index (χ4v) is 3.83. The summed E-state index contributed by atoms with van der Waals surface area (Å²) in [4.78, 5) is 14.5. The van der Waals surface area contributed by atoms with Crippen molar-refractivity contribution in [2.45, 2.75) is 6.54 Å². The molecule has 1 aromatic heterocycles. The van der Waals surface area contributed by atoms with E-state index in [0.717, 1.165) is 10.6 Å². The van der Waals surface area contributed by atoms with Crippen LogP contribution in [0.3, 0.4) is 0 Å². The number of halogens is 2. The molecule has 4 aromatic rings. The number of phenolic OH excluding ortho intramolecular Hbond substituents is 2. The number of aromatic nitrogens is 3. The predicted octanol–water partition coefficient (Wildman–Crippen LogP) is 4.12. The van der Waals surface area contributed by atoms with Crippen LogP contribution in [0.2, 0.25) is 5.02 Å². The van der Waals surface area contributed by atoms with Crippen LogP contribution in [0.4, 0.5) is 4.39 Å². The van der Waals surface area contributed by atoms with E-state index in [4.69, 9.17) is 16.3 Å². The summed E-state index contributed by atoms with van der Waals surface area (Å²) in [5.41, 5.74) is 0.342. The highest BCUT2D eigenvalue weighted by Gasteiger charge is 2.25. The Morgan fingerprint density at radius 1 is 1.09 bits per heavy atom. The second-order valence-electron chi connectivity index (χ2n) is 7.61. The van der Waals surface area contributed by atoms with E-state index < -0.39 is 29.2 Å². The number of nitrogens with zero attached hydrogens (tertiary/aromatic N) is 4. The second-order valence-corrected chi connectivity index (χ2v) is 8.05. The number of ether oxygens (including phenoxy) is 1. The fraction of sp³-hybridized carbons (Fsp3) is 0.125. The number of carbonyl (C=O) groups is 1. The largest absolute Gasteiger partial charge is 0.507 e. The summed E-state index contributed by atoms with van der Waals surface area (Å²) in [6.45, 7) is 0.102. The normalized spacial score (nSPS) is 10.9. The van der Waals surface area contributed by atoms with Gasteiger partial charge in [0.2, 0.25) is 0 Å². The van der Waals surface area contributed by atoms with Crippen molar-refractivity contribution in [1.82, 2.24) is 19.7 Å². The molecule has 0 unspecified atom stereocenters. The van der Waals surface area contributed by atoms with Crippen molar-refractivity contribution in [3.8, 4) is 40.3 Å². The molecule has 1 amide bonds.